The van der Waals surface area contributed by atoms with Gasteiger partial charge in [0.2, 0.25) is 0 Å². The molecular weight excluding hydrogens is 511 g/mol. The molecule has 0 aromatic heterocycles. The van der Waals surface area contributed by atoms with Crippen LogP contribution in [0.2, 0.25) is 0 Å². The Kier molecular flexibility index (Phi) is 6.85. The van der Waals surface area contributed by atoms with Crippen molar-refractivity contribution in [3.05, 3.63) is 180 Å². The Morgan fingerprint density at radius 3 is 1.88 bits per heavy atom. The minimum atomic E-state index is -0.219. The molecule has 0 radical (unpaired) electrons. The molecule has 7 aromatic rings. The van der Waals surface area contributed by atoms with Crippen molar-refractivity contribution in [1.29, 1.82) is 0 Å². The summed E-state index contributed by atoms with van der Waals surface area (Å²) in [6.45, 7) is 2.12. The monoisotopic (exact) mass is 542 g/mol. The molecule has 0 bridgehead atoms. The van der Waals surface area contributed by atoms with Gasteiger partial charge in [-0.25, -0.2) is 4.39 Å². The van der Waals surface area contributed by atoms with Crippen molar-refractivity contribution in [2.75, 3.05) is 0 Å². The Balaban J connectivity index is 1.33. The highest BCUT2D eigenvalue weighted by molar-refractivity contribution is 6.14. The van der Waals surface area contributed by atoms with E-state index in [0.717, 1.165) is 17.5 Å². The second-order valence-corrected chi connectivity index (χ2v) is 11.2. The Bertz CT molecular complexity index is 1990. The molecule has 0 aliphatic rings. The first-order valence-electron chi connectivity index (χ1n) is 14.5. The van der Waals surface area contributed by atoms with Gasteiger partial charge >= 0.3 is 0 Å². The highest BCUT2D eigenvalue weighted by Crippen LogP contribution is 2.38. The predicted molar refractivity (Wildman–Crippen MR) is 175 cm³/mol. The summed E-state index contributed by atoms with van der Waals surface area (Å²) >= 11 is 0. The van der Waals surface area contributed by atoms with Crippen LogP contribution in [0.4, 0.5) is 4.39 Å². The Labute approximate surface area is 246 Å². The van der Waals surface area contributed by atoms with Gasteiger partial charge in [-0.3, -0.25) is 0 Å². The SMILES string of the molecule is Cc1ccc(-c2ccc(CC(c3ccccc3)c3ccc4c(-c5ccc(F)cc5)cc5ccccc5c4c3)cc2)cc1. The van der Waals surface area contributed by atoms with Gasteiger partial charge in [0.25, 0.3) is 0 Å². The fraction of sp³-hybridized carbons (Fsp3) is 0.0732. The van der Waals surface area contributed by atoms with Crippen molar-refractivity contribution in [3.8, 4) is 22.3 Å². The molecule has 42 heavy (non-hydrogen) atoms. The van der Waals surface area contributed by atoms with E-state index in [1.54, 1.807) is 12.1 Å². The van der Waals surface area contributed by atoms with Crippen LogP contribution in [0.1, 0.15) is 28.2 Å². The molecule has 7 aromatic carbocycles. The number of hydrogen-bond acceptors (Lipinski definition) is 0. The average Bonchev–Trinajstić information content (AvgIpc) is 3.04. The molecule has 202 valence electrons. The largest absolute Gasteiger partial charge is 0.207 e. The number of rotatable bonds is 6. The van der Waals surface area contributed by atoms with Crippen LogP contribution in [0.15, 0.2) is 152 Å². The maximum atomic E-state index is 13.8. The van der Waals surface area contributed by atoms with Gasteiger partial charge in [-0.1, -0.05) is 133 Å². The van der Waals surface area contributed by atoms with E-state index in [9.17, 15) is 4.39 Å². The van der Waals surface area contributed by atoms with E-state index in [1.807, 2.05) is 12.1 Å². The zero-order chi connectivity index (χ0) is 28.5. The Morgan fingerprint density at radius 2 is 1.14 bits per heavy atom. The first kappa shape index (κ1) is 25.9. The van der Waals surface area contributed by atoms with Gasteiger partial charge in [0.15, 0.2) is 0 Å². The zero-order valence-electron chi connectivity index (χ0n) is 23.6. The van der Waals surface area contributed by atoms with Crippen LogP contribution in [0, 0.1) is 12.7 Å². The molecule has 0 nitrogen and oxygen atoms in total. The third-order valence-electron chi connectivity index (χ3n) is 8.42. The van der Waals surface area contributed by atoms with Gasteiger partial charge in [0.1, 0.15) is 5.82 Å². The third-order valence-corrected chi connectivity index (χ3v) is 8.42. The lowest BCUT2D eigenvalue weighted by molar-refractivity contribution is 0.628. The lowest BCUT2D eigenvalue weighted by Gasteiger charge is -2.20. The highest BCUT2D eigenvalue weighted by atomic mass is 19.1. The zero-order valence-corrected chi connectivity index (χ0v) is 23.6. The number of benzene rings is 7. The third kappa shape index (κ3) is 5.10. The summed E-state index contributed by atoms with van der Waals surface area (Å²) in [7, 11) is 0. The highest BCUT2D eigenvalue weighted by Gasteiger charge is 2.18. The summed E-state index contributed by atoms with van der Waals surface area (Å²) < 4.78 is 13.8. The molecule has 1 atom stereocenters. The van der Waals surface area contributed by atoms with Crippen molar-refractivity contribution in [3.63, 3.8) is 0 Å². The topological polar surface area (TPSA) is 0 Å². The van der Waals surface area contributed by atoms with Gasteiger partial charge in [-0.15, -0.1) is 0 Å². The summed E-state index contributed by atoms with van der Waals surface area (Å²) in [5, 5.41) is 4.82. The molecule has 0 saturated carbocycles. The molecule has 0 N–H and O–H groups in total. The maximum absolute atomic E-state index is 13.8. The first-order valence-corrected chi connectivity index (χ1v) is 14.5. The number of halogens is 1. The number of fused-ring (bicyclic) bond motifs is 3. The molecule has 0 saturated heterocycles. The average molecular weight is 543 g/mol. The standard InChI is InChI=1S/C41H31F/c1-28-11-15-30(16-12-28)31-17-13-29(14-18-31)25-39(32-7-3-2-4-8-32)35-21-24-38-40(33-19-22-36(42)23-20-33)26-34-9-5-6-10-37(34)41(38)27-35/h2-24,26-27,39H,25H2,1H3. The first-order chi connectivity index (χ1) is 20.6. The summed E-state index contributed by atoms with van der Waals surface area (Å²) in [6, 6.07) is 53.1. The normalized spacial score (nSPS) is 12.0. The molecule has 0 amide bonds. The van der Waals surface area contributed by atoms with Gasteiger partial charge in [-0.2, -0.15) is 0 Å². The van der Waals surface area contributed by atoms with Crippen molar-refractivity contribution in [2.24, 2.45) is 0 Å². The number of aryl methyl sites for hydroxylation is 1. The van der Waals surface area contributed by atoms with E-state index in [4.69, 9.17) is 0 Å². The number of hydrogen-bond donors (Lipinski definition) is 0. The molecule has 7 rings (SSSR count). The van der Waals surface area contributed by atoms with E-state index < -0.39 is 0 Å². The Hall–Kier alpha value is -5.01. The quantitative estimate of drug-likeness (QED) is 0.183. The van der Waals surface area contributed by atoms with E-state index in [1.165, 1.54) is 54.9 Å². The van der Waals surface area contributed by atoms with Crippen LogP contribution in [-0.2, 0) is 6.42 Å². The molecule has 0 spiro atoms. The molecule has 1 unspecified atom stereocenters. The minimum absolute atomic E-state index is 0.203. The van der Waals surface area contributed by atoms with E-state index in [2.05, 4.69) is 134 Å². The Morgan fingerprint density at radius 1 is 0.500 bits per heavy atom. The van der Waals surface area contributed by atoms with E-state index in [0.29, 0.717) is 0 Å². The second-order valence-electron chi connectivity index (χ2n) is 11.2. The van der Waals surface area contributed by atoms with E-state index in [-0.39, 0.29) is 11.7 Å². The smallest absolute Gasteiger partial charge is 0.123 e. The van der Waals surface area contributed by atoms with Crippen molar-refractivity contribution < 1.29 is 4.39 Å². The summed E-state index contributed by atoms with van der Waals surface area (Å²) in [5.74, 6) is -0.0159. The summed E-state index contributed by atoms with van der Waals surface area (Å²) in [4.78, 5) is 0. The van der Waals surface area contributed by atoms with Crippen LogP contribution in [0.25, 0.3) is 43.8 Å². The van der Waals surface area contributed by atoms with Crippen LogP contribution < -0.4 is 0 Å². The summed E-state index contributed by atoms with van der Waals surface area (Å²) in [5.41, 5.74) is 9.80. The van der Waals surface area contributed by atoms with Crippen LogP contribution in [-0.4, -0.2) is 0 Å². The van der Waals surface area contributed by atoms with Gasteiger partial charge in [-0.05, 0) is 98.1 Å². The summed E-state index contributed by atoms with van der Waals surface area (Å²) in [6.07, 6.45) is 0.902. The van der Waals surface area contributed by atoms with Gasteiger partial charge < -0.3 is 0 Å². The second kappa shape index (κ2) is 11.1. The lowest BCUT2D eigenvalue weighted by atomic mass is 9.83. The van der Waals surface area contributed by atoms with Crippen LogP contribution in [0.3, 0.4) is 0 Å². The van der Waals surface area contributed by atoms with Crippen molar-refractivity contribution >= 4 is 21.5 Å². The molecule has 0 fully saturated rings. The lowest BCUT2D eigenvalue weighted by Crippen LogP contribution is -2.05. The molecule has 0 heterocycles. The van der Waals surface area contributed by atoms with E-state index >= 15 is 0 Å². The van der Waals surface area contributed by atoms with Crippen LogP contribution in [0.5, 0.6) is 0 Å². The van der Waals surface area contributed by atoms with Crippen molar-refractivity contribution in [2.45, 2.75) is 19.3 Å². The van der Waals surface area contributed by atoms with Gasteiger partial charge in [0.05, 0.1) is 0 Å². The van der Waals surface area contributed by atoms with Crippen LogP contribution >= 0.6 is 0 Å². The molecule has 0 aliphatic carbocycles. The molecular formula is C41H31F. The minimum Gasteiger partial charge on any atom is -0.207 e. The molecule has 0 aliphatic heterocycles. The van der Waals surface area contributed by atoms with Crippen molar-refractivity contribution in [1.82, 2.24) is 0 Å². The predicted octanol–water partition coefficient (Wildman–Crippen LogP) is 11.1. The fourth-order valence-corrected chi connectivity index (χ4v) is 6.13. The van der Waals surface area contributed by atoms with Gasteiger partial charge in [0, 0.05) is 5.92 Å². The maximum Gasteiger partial charge on any atom is 0.123 e. The molecule has 1 heteroatoms. The fourth-order valence-electron chi connectivity index (χ4n) is 6.13.